The molecule has 0 saturated carbocycles. The Balaban J connectivity index is 0.000000249. The van der Waals surface area contributed by atoms with E-state index in [1.165, 1.54) is 11.1 Å². The molecule has 0 aliphatic carbocycles. The number of rotatable bonds is 2. The molecule has 1 N–H and O–H groups in total. The molecule has 2 nitrogen and oxygen atoms in total. The Kier molecular flexibility index (Phi) is 6.00. The Hall–Kier alpha value is -1.64. The molecule has 0 fully saturated rings. The van der Waals surface area contributed by atoms with Crippen LogP contribution in [0.15, 0.2) is 60.7 Å². The number of benzene rings is 2. The van der Waals surface area contributed by atoms with Gasteiger partial charge in [0.15, 0.2) is 0 Å². The van der Waals surface area contributed by atoms with Crippen LogP contribution in [0.2, 0.25) is 0 Å². The summed E-state index contributed by atoms with van der Waals surface area (Å²) in [5.74, 6) is 0. The first-order valence-electron chi connectivity index (χ1n) is 5.69. The van der Waals surface area contributed by atoms with Crippen LogP contribution in [0.1, 0.15) is 0 Å². The summed E-state index contributed by atoms with van der Waals surface area (Å²) in [7, 11) is 5.76. The zero-order valence-corrected chi connectivity index (χ0v) is 10.7. The highest BCUT2D eigenvalue weighted by Crippen LogP contribution is 2.17. The average Bonchev–Trinajstić information content (AvgIpc) is 2.41. The molecule has 2 aromatic rings. The lowest BCUT2D eigenvalue weighted by Gasteiger charge is -2.02. The number of hydrogen-bond acceptors (Lipinski definition) is 2. The first-order chi connectivity index (χ1) is 8.24. The Morgan fingerprint density at radius 1 is 0.706 bits per heavy atom. The summed E-state index contributed by atoms with van der Waals surface area (Å²) >= 11 is 0. The summed E-state index contributed by atoms with van der Waals surface area (Å²) in [5, 5.41) is 1.88. The van der Waals surface area contributed by atoms with Gasteiger partial charge in [0, 0.05) is 14.1 Å². The van der Waals surface area contributed by atoms with Crippen molar-refractivity contribution in [2.24, 2.45) is 0 Å². The minimum atomic E-state index is 1.28. The first kappa shape index (κ1) is 13.4. The third kappa shape index (κ3) is 5.29. The lowest BCUT2D eigenvalue weighted by Crippen LogP contribution is -2.25. The summed E-state index contributed by atoms with van der Waals surface area (Å²) in [5.41, 5.74) is 5.41. The van der Waals surface area contributed by atoms with Gasteiger partial charge in [-0.1, -0.05) is 60.7 Å². The van der Waals surface area contributed by atoms with Crippen molar-refractivity contribution in [2.45, 2.75) is 0 Å². The van der Waals surface area contributed by atoms with Crippen molar-refractivity contribution < 1.29 is 0 Å². The van der Waals surface area contributed by atoms with E-state index in [1.54, 1.807) is 0 Å². The van der Waals surface area contributed by atoms with Crippen LogP contribution in [0.5, 0.6) is 0 Å². The van der Waals surface area contributed by atoms with Gasteiger partial charge in [-0.05, 0) is 18.2 Å². The smallest absolute Gasteiger partial charge is 0.00128 e. The van der Waals surface area contributed by atoms with Gasteiger partial charge in [-0.3, -0.25) is 10.4 Å². The van der Waals surface area contributed by atoms with Crippen molar-refractivity contribution >= 4 is 0 Å². The van der Waals surface area contributed by atoms with Gasteiger partial charge < -0.3 is 0 Å². The van der Waals surface area contributed by atoms with Gasteiger partial charge in [0.25, 0.3) is 0 Å². The molecule has 2 rings (SSSR count). The summed E-state index contributed by atoms with van der Waals surface area (Å²) in [4.78, 5) is 0. The molecule has 0 bridgehead atoms. The first-order valence-corrected chi connectivity index (χ1v) is 5.69. The van der Waals surface area contributed by atoms with Crippen molar-refractivity contribution in [2.75, 3.05) is 21.1 Å². The van der Waals surface area contributed by atoms with E-state index in [0.717, 1.165) is 0 Å². The summed E-state index contributed by atoms with van der Waals surface area (Å²) < 4.78 is 0. The van der Waals surface area contributed by atoms with E-state index in [4.69, 9.17) is 0 Å². The Bertz CT molecular complexity index is 358. The fraction of sp³-hybridized carbons (Fsp3) is 0.200. The van der Waals surface area contributed by atoms with Crippen molar-refractivity contribution in [1.29, 1.82) is 0 Å². The maximum Gasteiger partial charge on any atom is 0.00128 e. The topological polar surface area (TPSA) is 15.3 Å². The van der Waals surface area contributed by atoms with E-state index in [-0.39, 0.29) is 0 Å². The monoisotopic (exact) mass is 228 g/mol. The fourth-order valence-corrected chi connectivity index (χ4v) is 1.26. The van der Waals surface area contributed by atoms with Gasteiger partial charge in [0.2, 0.25) is 0 Å². The molecule has 2 aromatic carbocycles. The van der Waals surface area contributed by atoms with Gasteiger partial charge in [0.1, 0.15) is 0 Å². The third-order valence-electron chi connectivity index (χ3n) is 2.33. The number of hydrogen-bond donors (Lipinski definition) is 1. The van der Waals surface area contributed by atoms with Gasteiger partial charge in [0.05, 0.1) is 0 Å². The largest absolute Gasteiger partial charge is 0.259 e. The lowest BCUT2D eigenvalue weighted by molar-refractivity contribution is 0.323. The van der Waals surface area contributed by atoms with E-state index in [1.807, 2.05) is 38.3 Å². The highest BCUT2D eigenvalue weighted by Gasteiger charge is 1.91. The summed E-state index contributed by atoms with van der Waals surface area (Å²) in [6.07, 6.45) is 0. The van der Waals surface area contributed by atoms with Crippen molar-refractivity contribution in [3.8, 4) is 11.1 Å². The minimum absolute atomic E-state index is 1.28. The zero-order valence-electron chi connectivity index (χ0n) is 10.7. The SMILES string of the molecule is CNN(C)C.c1ccc(-c2ccccc2)cc1. The van der Waals surface area contributed by atoms with E-state index < -0.39 is 0 Å². The predicted molar refractivity (Wildman–Crippen MR) is 74.6 cm³/mol. The Labute approximate surface area is 104 Å². The second-order valence-electron chi connectivity index (χ2n) is 3.85. The zero-order chi connectivity index (χ0) is 12.5. The van der Waals surface area contributed by atoms with E-state index in [0.29, 0.717) is 0 Å². The molecule has 0 spiro atoms. The second kappa shape index (κ2) is 7.60. The molecule has 0 amide bonds. The van der Waals surface area contributed by atoms with E-state index in [2.05, 4.69) is 54.0 Å². The maximum absolute atomic E-state index is 2.86. The van der Waals surface area contributed by atoms with Crippen LogP contribution in [0, 0.1) is 0 Å². The van der Waals surface area contributed by atoms with Crippen molar-refractivity contribution in [3.05, 3.63) is 60.7 Å². The summed E-state index contributed by atoms with van der Waals surface area (Å²) in [6, 6.07) is 20.8. The number of nitrogens with one attached hydrogen (secondary N) is 1. The molecular formula is C15H20N2. The van der Waals surface area contributed by atoms with Gasteiger partial charge in [-0.15, -0.1) is 0 Å². The summed E-state index contributed by atoms with van der Waals surface area (Å²) in [6.45, 7) is 0. The Morgan fingerprint density at radius 2 is 1.00 bits per heavy atom. The van der Waals surface area contributed by atoms with Crippen LogP contribution >= 0.6 is 0 Å². The van der Waals surface area contributed by atoms with Gasteiger partial charge in [-0.25, -0.2) is 0 Å². The normalized spacial score (nSPS) is 9.65. The highest BCUT2D eigenvalue weighted by molar-refractivity contribution is 5.62. The predicted octanol–water partition coefficient (Wildman–Crippen LogP) is 3.04. The molecule has 0 saturated heterocycles. The maximum atomic E-state index is 2.86. The molecular weight excluding hydrogens is 208 g/mol. The molecule has 0 aliphatic heterocycles. The fourth-order valence-electron chi connectivity index (χ4n) is 1.26. The van der Waals surface area contributed by atoms with Crippen molar-refractivity contribution in [3.63, 3.8) is 0 Å². The molecule has 90 valence electrons. The van der Waals surface area contributed by atoms with Crippen LogP contribution < -0.4 is 5.43 Å². The third-order valence-corrected chi connectivity index (χ3v) is 2.33. The molecule has 0 radical (unpaired) electrons. The molecule has 0 aliphatic rings. The van der Waals surface area contributed by atoms with E-state index in [9.17, 15) is 0 Å². The van der Waals surface area contributed by atoms with Crippen LogP contribution in [0.4, 0.5) is 0 Å². The lowest BCUT2D eigenvalue weighted by atomic mass is 10.1. The quantitative estimate of drug-likeness (QED) is 0.795. The van der Waals surface area contributed by atoms with Crippen LogP contribution in [0.25, 0.3) is 11.1 Å². The van der Waals surface area contributed by atoms with E-state index >= 15 is 0 Å². The van der Waals surface area contributed by atoms with Crippen LogP contribution in [-0.2, 0) is 0 Å². The minimum Gasteiger partial charge on any atom is -0.259 e. The van der Waals surface area contributed by atoms with Crippen molar-refractivity contribution in [1.82, 2.24) is 10.4 Å². The van der Waals surface area contributed by atoms with Gasteiger partial charge >= 0.3 is 0 Å². The molecule has 0 atom stereocenters. The number of nitrogens with zero attached hydrogens (tertiary/aromatic N) is 1. The number of hydrazine groups is 1. The standard InChI is InChI=1S/C12H10.C3H10N2/c1-3-7-11(8-4-1)12-9-5-2-6-10-12;1-4-5(2)3/h1-10H;4H,1-3H3. The highest BCUT2D eigenvalue weighted by atomic mass is 15.5. The van der Waals surface area contributed by atoms with Crippen LogP contribution in [0.3, 0.4) is 0 Å². The molecule has 0 aromatic heterocycles. The Morgan fingerprint density at radius 3 is 1.24 bits per heavy atom. The molecule has 17 heavy (non-hydrogen) atoms. The molecule has 0 unspecified atom stereocenters. The molecule has 0 heterocycles. The van der Waals surface area contributed by atoms with Gasteiger partial charge in [-0.2, -0.15) is 0 Å². The molecule has 2 heteroatoms. The average molecular weight is 228 g/mol. The van der Waals surface area contributed by atoms with Crippen LogP contribution in [-0.4, -0.2) is 26.2 Å². The second-order valence-corrected chi connectivity index (χ2v) is 3.85.